The molecule has 34 heavy (non-hydrogen) atoms. The molecule has 1 aromatic heterocycles. The number of anilines is 1. The Hall–Kier alpha value is -4.32. The summed E-state index contributed by atoms with van der Waals surface area (Å²) < 4.78 is 13.2. The SMILES string of the molecule is O=C(Cc1ccc(F)cc1)Nc1nc2c(nc1C=Cc1ccccc1)-c1ccc(O)cc1CC2. The van der Waals surface area contributed by atoms with Gasteiger partial charge in [-0.05, 0) is 65.9 Å². The van der Waals surface area contributed by atoms with Crippen LogP contribution < -0.4 is 5.32 Å². The number of hydrogen-bond donors (Lipinski definition) is 2. The monoisotopic (exact) mass is 451 g/mol. The Labute approximate surface area is 196 Å². The Morgan fingerprint density at radius 2 is 1.76 bits per heavy atom. The summed E-state index contributed by atoms with van der Waals surface area (Å²) in [5.74, 6) is 0.0207. The summed E-state index contributed by atoms with van der Waals surface area (Å²) in [6.45, 7) is 0. The summed E-state index contributed by atoms with van der Waals surface area (Å²) in [6.07, 6.45) is 5.25. The minimum atomic E-state index is -0.341. The van der Waals surface area contributed by atoms with E-state index in [2.05, 4.69) is 5.32 Å². The largest absolute Gasteiger partial charge is 0.508 e. The minimum Gasteiger partial charge on any atom is -0.508 e. The van der Waals surface area contributed by atoms with Crippen molar-refractivity contribution in [2.45, 2.75) is 19.3 Å². The second kappa shape index (κ2) is 9.27. The van der Waals surface area contributed by atoms with E-state index in [4.69, 9.17) is 9.97 Å². The van der Waals surface area contributed by atoms with Gasteiger partial charge in [-0.1, -0.05) is 48.5 Å². The Balaban J connectivity index is 1.50. The van der Waals surface area contributed by atoms with E-state index in [0.717, 1.165) is 34.5 Å². The van der Waals surface area contributed by atoms with Gasteiger partial charge in [0, 0.05) is 5.56 Å². The lowest BCUT2D eigenvalue weighted by atomic mass is 9.91. The third kappa shape index (κ3) is 4.71. The second-order valence-electron chi connectivity index (χ2n) is 8.19. The molecule has 0 saturated heterocycles. The molecular formula is C28H22FN3O2. The standard InChI is InChI=1S/C28H22FN3O2/c29-21-10-6-19(7-11-21)16-26(34)32-28-25(14-8-18-4-2-1-3-5-18)30-27-23-13-12-22(33)17-20(23)9-15-24(27)31-28/h1-8,10-14,17,33H,9,15-16H2,(H,31,32,34). The van der Waals surface area contributed by atoms with E-state index in [0.29, 0.717) is 23.5 Å². The van der Waals surface area contributed by atoms with Crippen molar-refractivity contribution in [2.75, 3.05) is 5.32 Å². The number of phenols is 1. The maximum atomic E-state index is 13.2. The molecule has 6 heteroatoms. The van der Waals surface area contributed by atoms with Crippen LogP contribution in [-0.4, -0.2) is 21.0 Å². The number of fused-ring (bicyclic) bond motifs is 3. The lowest BCUT2D eigenvalue weighted by Crippen LogP contribution is -2.19. The highest BCUT2D eigenvalue weighted by Gasteiger charge is 2.22. The maximum Gasteiger partial charge on any atom is 0.230 e. The summed E-state index contributed by atoms with van der Waals surface area (Å²) in [6, 6.07) is 20.9. The van der Waals surface area contributed by atoms with E-state index in [1.54, 1.807) is 24.3 Å². The number of rotatable bonds is 5. The second-order valence-corrected chi connectivity index (χ2v) is 8.19. The molecule has 0 fully saturated rings. The van der Waals surface area contributed by atoms with Gasteiger partial charge in [0.2, 0.25) is 5.91 Å². The fraction of sp³-hybridized carbons (Fsp3) is 0.107. The van der Waals surface area contributed by atoms with Crippen LogP contribution in [0.1, 0.15) is 28.1 Å². The number of amides is 1. The number of aromatic nitrogens is 2. The van der Waals surface area contributed by atoms with Crippen LogP contribution in [-0.2, 0) is 24.1 Å². The van der Waals surface area contributed by atoms with Crippen LogP contribution in [0.15, 0.2) is 72.8 Å². The molecule has 1 aliphatic rings. The van der Waals surface area contributed by atoms with E-state index >= 15 is 0 Å². The zero-order chi connectivity index (χ0) is 23.5. The van der Waals surface area contributed by atoms with Gasteiger partial charge in [0.1, 0.15) is 17.3 Å². The average molecular weight is 452 g/mol. The predicted molar refractivity (Wildman–Crippen MR) is 131 cm³/mol. The van der Waals surface area contributed by atoms with Gasteiger partial charge in [0.25, 0.3) is 0 Å². The zero-order valence-electron chi connectivity index (χ0n) is 18.3. The summed E-state index contributed by atoms with van der Waals surface area (Å²) in [7, 11) is 0. The molecule has 2 N–H and O–H groups in total. The van der Waals surface area contributed by atoms with E-state index in [1.165, 1.54) is 12.1 Å². The summed E-state index contributed by atoms with van der Waals surface area (Å²) in [5, 5.41) is 12.8. The first-order chi connectivity index (χ1) is 16.5. The lowest BCUT2D eigenvalue weighted by molar-refractivity contribution is -0.115. The molecule has 0 aliphatic heterocycles. The number of hydrogen-bond acceptors (Lipinski definition) is 4. The third-order valence-corrected chi connectivity index (χ3v) is 5.74. The van der Waals surface area contributed by atoms with Gasteiger partial charge < -0.3 is 10.4 Å². The van der Waals surface area contributed by atoms with Crippen molar-refractivity contribution >= 4 is 23.9 Å². The number of aromatic hydroxyl groups is 1. The van der Waals surface area contributed by atoms with Crippen molar-refractivity contribution in [1.29, 1.82) is 0 Å². The number of nitrogens with zero attached hydrogens (tertiary/aromatic N) is 2. The molecule has 0 unspecified atom stereocenters. The molecule has 168 valence electrons. The fourth-order valence-corrected chi connectivity index (χ4v) is 4.06. The van der Waals surface area contributed by atoms with Crippen molar-refractivity contribution in [1.82, 2.24) is 9.97 Å². The van der Waals surface area contributed by atoms with Crippen molar-refractivity contribution in [3.05, 3.63) is 107 Å². The molecule has 3 aromatic carbocycles. The van der Waals surface area contributed by atoms with E-state index in [-0.39, 0.29) is 23.9 Å². The first-order valence-corrected chi connectivity index (χ1v) is 11.1. The first-order valence-electron chi connectivity index (χ1n) is 11.1. The lowest BCUT2D eigenvalue weighted by Gasteiger charge is -2.20. The average Bonchev–Trinajstić information content (AvgIpc) is 2.84. The number of benzene rings is 3. The molecule has 0 bridgehead atoms. The number of halogens is 1. The van der Waals surface area contributed by atoms with Crippen molar-refractivity contribution < 1.29 is 14.3 Å². The van der Waals surface area contributed by atoms with E-state index in [9.17, 15) is 14.3 Å². The van der Waals surface area contributed by atoms with Crippen LogP contribution in [0, 0.1) is 5.82 Å². The van der Waals surface area contributed by atoms with Crippen molar-refractivity contribution in [3.63, 3.8) is 0 Å². The molecule has 4 aromatic rings. The van der Waals surface area contributed by atoms with Crippen LogP contribution >= 0.6 is 0 Å². The normalized spacial score (nSPS) is 12.3. The molecule has 0 atom stereocenters. The topological polar surface area (TPSA) is 75.1 Å². The number of nitrogens with one attached hydrogen (secondary N) is 1. The Morgan fingerprint density at radius 1 is 0.971 bits per heavy atom. The molecule has 0 radical (unpaired) electrons. The molecule has 5 nitrogen and oxygen atoms in total. The van der Waals surface area contributed by atoms with Gasteiger partial charge in [0.05, 0.1) is 17.8 Å². The molecule has 0 saturated carbocycles. The third-order valence-electron chi connectivity index (χ3n) is 5.74. The van der Waals surface area contributed by atoms with Crippen LogP contribution in [0.2, 0.25) is 0 Å². The summed E-state index contributed by atoms with van der Waals surface area (Å²) in [5.41, 5.74) is 5.75. The Kier molecular flexibility index (Phi) is 5.87. The molecule has 1 aliphatic carbocycles. The molecular weight excluding hydrogens is 429 g/mol. The zero-order valence-corrected chi connectivity index (χ0v) is 18.3. The predicted octanol–water partition coefficient (Wildman–Crippen LogP) is 5.44. The van der Waals surface area contributed by atoms with Gasteiger partial charge in [0.15, 0.2) is 5.82 Å². The summed E-state index contributed by atoms with van der Waals surface area (Å²) in [4.78, 5) is 22.4. The maximum absolute atomic E-state index is 13.2. The van der Waals surface area contributed by atoms with E-state index in [1.807, 2.05) is 48.6 Å². The highest BCUT2D eigenvalue weighted by atomic mass is 19.1. The Bertz CT molecular complexity index is 1380. The number of carbonyl (C=O) groups is 1. The highest BCUT2D eigenvalue weighted by Crippen LogP contribution is 2.34. The minimum absolute atomic E-state index is 0.100. The molecule has 5 rings (SSSR count). The highest BCUT2D eigenvalue weighted by molar-refractivity contribution is 5.93. The van der Waals surface area contributed by atoms with Gasteiger partial charge in [-0.2, -0.15) is 0 Å². The number of phenolic OH excluding ortho intramolecular Hbond substituents is 1. The van der Waals surface area contributed by atoms with Crippen LogP contribution in [0.5, 0.6) is 5.75 Å². The van der Waals surface area contributed by atoms with Crippen LogP contribution in [0.4, 0.5) is 10.2 Å². The Morgan fingerprint density at radius 3 is 2.56 bits per heavy atom. The van der Waals surface area contributed by atoms with E-state index < -0.39 is 0 Å². The molecule has 1 heterocycles. The summed E-state index contributed by atoms with van der Waals surface area (Å²) >= 11 is 0. The van der Waals surface area contributed by atoms with Gasteiger partial charge in [-0.15, -0.1) is 0 Å². The molecule has 1 amide bonds. The quantitative estimate of drug-likeness (QED) is 0.424. The first kappa shape index (κ1) is 21.5. The van der Waals surface area contributed by atoms with Crippen molar-refractivity contribution in [3.8, 4) is 17.0 Å². The fourth-order valence-electron chi connectivity index (χ4n) is 4.06. The molecule has 0 spiro atoms. The van der Waals surface area contributed by atoms with Crippen molar-refractivity contribution in [2.24, 2.45) is 0 Å². The number of carbonyl (C=O) groups excluding carboxylic acids is 1. The van der Waals surface area contributed by atoms with Gasteiger partial charge >= 0.3 is 0 Å². The van der Waals surface area contributed by atoms with Crippen LogP contribution in [0.25, 0.3) is 23.4 Å². The number of aryl methyl sites for hydroxylation is 2. The van der Waals surface area contributed by atoms with Crippen LogP contribution in [0.3, 0.4) is 0 Å². The van der Waals surface area contributed by atoms with Gasteiger partial charge in [-0.3, -0.25) is 4.79 Å². The smallest absolute Gasteiger partial charge is 0.230 e. The van der Waals surface area contributed by atoms with Gasteiger partial charge in [-0.25, -0.2) is 14.4 Å².